The van der Waals surface area contributed by atoms with E-state index in [1.54, 1.807) is 6.92 Å². The SMILES string of the molecule is CC1(C(=O)O)CCCN1C(=O)NC1CCCNC1=O. The summed E-state index contributed by atoms with van der Waals surface area (Å²) in [6.45, 7) is 2.58. The minimum Gasteiger partial charge on any atom is -0.480 e. The summed E-state index contributed by atoms with van der Waals surface area (Å²) in [7, 11) is 0. The Kier molecular flexibility index (Phi) is 3.64. The molecule has 7 nitrogen and oxygen atoms in total. The standard InChI is InChI=1S/C12H19N3O4/c1-12(10(17)18)5-3-7-15(12)11(19)14-8-4-2-6-13-9(8)16/h8H,2-7H2,1H3,(H,13,16)(H,14,19)(H,17,18). The Bertz CT molecular complexity index is 412. The van der Waals surface area contributed by atoms with Crippen LogP contribution in [-0.4, -0.2) is 52.6 Å². The lowest BCUT2D eigenvalue weighted by molar-refractivity contribution is -0.147. The van der Waals surface area contributed by atoms with E-state index in [0.29, 0.717) is 32.4 Å². The van der Waals surface area contributed by atoms with Crippen LogP contribution in [0.3, 0.4) is 0 Å². The summed E-state index contributed by atoms with van der Waals surface area (Å²) in [5.74, 6) is -1.20. The van der Waals surface area contributed by atoms with E-state index in [4.69, 9.17) is 0 Å². The average Bonchev–Trinajstić information content (AvgIpc) is 2.76. The maximum Gasteiger partial charge on any atom is 0.329 e. The first-order valence-electron chi connectivity index (χ1n) is 6.54. The molecular weight excluding hydrogens is 250 g/mol. The lowest BCUT2D eigenvalue weighted by Gasteiger charge is -2.33. The molecule has 2 saturated heterocycles. The Balaban J connectivity index is 2.03. The van der Waals surface area contributed by atoms with E-state index in [-0.39, 0.29) is 5.91 Å². The molecule has 3 amide bonds. The number of carbonyl (C=O) groups is 3. The van der Waals surface area contributed by atoms with Crippen molar-refractivity contribution >= 4 is 17.9 Å². The topological polar surface area (TPSA) is 98.7 Å². The highest BCUT2D eigenvalue weighted by atomic mass is 16.4. The molecule has 2 rings (SSSR count). The molecule has 3 N–H and O–H groups in total. The molecule has 0 bridgehead atoms. The van der Waals surface area contributed by atoms with E-state index in [1.165, 1.54) is 4.90 Å². The number of urea groups is 1. The van der Waals surface area contributed by atoms with E-state index in [9.17, 15) is 19.5 Å². The fourth-order valence-corrected chi connectivity index (χ4v) is 2.65. The third-order valence-electron chi connectivity index (χ3n) is 3.93. The fraction of sp³-hybridized carbons (Fsp3) is 0.750. The first kappa shape index (κ1) is 13.6. The molecule has 0 radical (unpaired) electrons. The van der Waals surface area contributed by atoms with Crippen molar-refractivity contribution in [1.82, 2.24) is 15.5 Å². The summed E-state index contributed by atoms with van der Waals surface area (Å²) < 4.78 is 0. The van der Waals surface area contributed by atoms with E-state index in [0.717, 1.165) is 6.42 Å². The fourth-order valence-electron chi connectivity index (χ4n) is 2.65. The van der Waals surface area contributed by atoms with Gasteiger partial charge in [0.1, 0.15) is 11.6 Å². The molecule has 0 spiro atoms. The first-order valence-corrected chi connectivity index (χ1v) is 6.54. The van der Waals surface area contributed by atoms with E-state index < -0.39 is 23.6 Å². The number of likely N-dealkylation sites (tertiary alicyclic amines) is 1. The molecule has 2 unspecified atom stereocenters. The number of nitrogens with one attached hydrogen (secondary N) is 2. The van der Waals surface area contributed by atoms with Crippen LogP contribution in [0.1, 0.15) is 32.6 Å². The van der Waals surface area contributed by atoms with E-state index in [2.05, 4.69) is 10.6 Å². The van der Waals surface area contributed by atoms with Crippen LogP contribution in [-0.2, 0) is 9.59 Å². The number of piperidine rings is 1. The van der Waals surface area contributed by atoms with Gasteiger partial charge in [0, 0.05) is 13.1 Å². The van der Waals surface area contributed by atoms with Gasteiger partial charge in [0.15, 0.2) is 0 Å². The van der Waals surface area contributed by atoms with Gasteiger partial charge in [0.2, 0.25) is 5.91 Å². The Labute approximate surface area is 111 Å². The van der Waals surface area contributed by atoms with Crippen LogP contribution < -0.4 is 10.6 Å². The Hall–Kier alpha value is -1.79. The van der Waals surface area contributed by atoms with Gasteiger partial charge < -0.3 is 20.6 Å². The van der Waals surface area contributed by atoms with Gasteiger partial charge in [-0.3, -0.25) is 4.79 Å². The third kappa shape index (κ3) is 2.50. The lowest BCUT2D eigenvalue weighted by Crippen LogP contribution is -2.58. The van der Waals surface area contributed by atoms with Crippen molar-refractivity contribution in [3.8, 4) is 0 Å². The van der Waals surface area contributed by atoms with Gasteiger partial charge in [-0.2, -0.15) is 0 Å². The zero-order valence-electron chi connectivity index (χ0n) is 10.9. The number of carbonyl (C=O) groups excluding carboxylic acids is 2. The number of hydrogen-bond acceptors (Lipinski definition) is 3. The number of rotatable bonds is 2. The summed E-state index contributed by atoms with van der Waals surface area (Å²) in [5, 5.41) is 14.6. The Morgan fingerprint density at radius 2 is 2.21 bits per heavy atom. The van der Waals surface area contributed by atoms with Crippen LogP contribution in [0.25, 0.3) is 0 Å². The monoisotopic (exact) mass is 269 g/mol. The second kappa shape index (κ2) is 5.07. The molecule has 0 saturated carbocycles. The maximum atomic E-state index is 12.2. The van der Waals surface area contributed by atoms with Gasteiger partial charge in [-0.1, -0.05) is 0 Å². The van der Waals surface area contributed by atoms with Gasteiger partial charge in [-0.05, 0) is 32.6 Å². The summed E-state index contributed by atoms with van der Waals surface area (Å²) in [4.78, 5) is 36.3. The van der Waals surface area contributed by atoms with Gasteiger partial charge >= 0.3 is 12.0 Å². The van der Waals surface area contributed by atoms with Crippen LogP contribution >= 0.6 is 0 Å². The molecule has 0 aromatic carbocycles. The molecule has 0 aromatic rings. The van der Waals surface area contributed by atoms with Crippen molar-refractivity contribution in [1.29, 1.82) is 0 Å². The number of hydrogen-bond donors (Lipinski definition) is 3. The lowest BCUT2D eigenvalue weighted by atomic mass is 9.99. The molecule has 0 aliphatic carbocycles. The molecule has 106 valence electrons. The smallest absolute Gasteiger partial charge is 0.329 e. The average molecular weight is 269 g/mol. The summed E-state index contributed by atoms with van der Waals surface area (Å²) in [6.07, 6.45) is 2.50. The van der Waals surface area contributed by atoms with Crippen LogP contribution in [0, 0.1) is 0 Å². The van der Waals surface area contributed by atoms with Crippen LogP contribution in [0.4, 0.5) is 4.79 Å². The summed E-state index contributed by atoms with van der Waals surface area (Å²) in [5.41, 5.74) is -1.17. The predicted octanol–water partition coefficient (Wildman–Crippen LogP) is -0.0863. The predicted molar refractivity (Wildman–Crippen MR) is 66.5 cm³/mol. The van der Waals surface area contributed by atoms with Crippen LogP contribution in [0.5, 0.6) is 0 Å². The minimum atomic E-state index is -1.17. The quantitative estimate of drug-likeness (QED) is 0.652. The van der Waals surface area contributed by atoms with Crippen LogP contribution in [0.15, 0.2) is 0 Å². The van der Waals surface area contributed by atoms with Crippen molar-refractivity contribution in [2.45, 2.75) is 44.2 Å². The number of carboxylic acid groups (broad SMARTS) is 1. The number of nitrogens with zero attached hydrogens (tertiary/aromatic N) is 1. The van der Waals surface area contributed by atoms with Gasteiger partial charge in [0.05, 0.1) is 0 Å². The van der Waals surface area contributed by atoms with Crippen molar-refractivity contribution in [3.63, 3.8) is 0 Å². The molecule has 0 aromatic heterocycles. The molecule has 2 aliphatic heterocycles. The maximum absolute atomic E-state index is 12.2. The molecule has 19 heavy (non-hydrogen) atoms. The number of carboxylic acids is 1. The van der Waals surface area contributed by atoms with E-state index in [1.807, 2.05) is 0 Å². The van der Waals surface area contributed by atoms with Gasteiger partial charge in [0.25, 0.3) is 0 Å². The van der Waals surface area contributed by atoms with Crippen molar-refractivity contribution in [3.05, 3.63) is 0 Å². The second-order valence-electron chi connectivity index (χ2n) is 5.27. The zero-order valence-corrected chi connectivity index (χ0v) is 10.9. The first-order chi connectivity index (χ1) is 8.95. The van der Waals surface area contributed by atoms with Gasteiger partial charge in [-0.15, -0.1) is 0 Å². The number of amides is 3. The number of aliphatic carboxylic acids is 1. The summed E-state index contributed by atoms with van der Waals surface area (Å²) >= 11 is 0. The normalized spacial score (nSPS) is 30.9. The zero-order chi connectivity index (χ0) is 14.0. The third-order valence-corrected chi connectivity index (χ3v) is 3.93. The molecule has 2 heterocycles. The van der Waals surface area contributed by atoms with Crippen LogP contribution in [0.2, 0.25) is 0 Å². The molecule has 7 heteroatoms. The highest BCUT2D eigenvalue weighted by Crippen LogP contribution is 2.29. The largest absolute Gasteiger partial charge is 0.480 e. The Morgan fingerprint density at radius 3 is 2.84 bits per heavy atom. The molecule has 2 aliphatic rings. The highest BCUT2D eigenvalue weighted by Gasteiger charge is 2.46. The minimum absolute atomic E-state index is 0.198. The highest BCUT2D eigenvalue weighted by molar-refractivity contribution is 5.90. The van der Waals surface area contributed by atoms with Crippen molar-refractivity contribution in [2.24, 2.45) is 0 Å². The molecular formula is C12H19N3O4. The van der Waals surface area contributed by atoms with Crippen molar-refractivity contribution in [2.75, 3.05) is 13.1 Å². The second-order valence-corrected chi connectivity index (χ2v) is 5.27. The summed E-state index contributed by atoms with van der Waals surface area (Å²) in [6, 6.07) is -1.02. The van der Waals surface area contributed by atoms with Crippen molar-refractivity contribution < 1.29 is 19.5 Å². The van der Waals surface area contributed by atoms with E-state index >= 15 is 0 Å². The van der Waals surface area contributed by atoms with Gasteiger partial charge in [-0.25, -0.2) is 9.59 Å². The molecule has 2 atom stereocenters. The Morgan fingerprint density at radius 1 is 1.47 bits per heavy atom. The molecule has 2 fully saturated rings.